The fraction of sp³-hybridized carbons (Fsp3) is 0.167. The maximum atomic E-state index is 13.5. The lowest BCUT2D eigenvalue weighted by atomic mass is 10.1. The molecule has 0 fully saturated rings. The Labute approximate surface area is 154 Å². The largest absolute Gasteiger partial charge is 0.366 e. The Kier molecular flexibility index (Phi) is 5.50. The van der Waals surface area contributed by atoms with E-state index in [4.69, 9.17) is 5.73 Å². The van der Waals surface area contributed by atoms with Crippen molar-refractivity contribution in [2.45, 2.75) is 13.0 Å². The molecule has 2 amide bonds. The van der Waals surface area contributed by atoms with E-state index in [0.29, 0.717) is 35.5 Å². The zero-order valence-corrected chi connectivity index (χ0v) is 14.3. The first-order valence-electron chi connectivity index (χ1n) is 8.21. The first-order chi connectivity index (χ1) is 13.0. The summed E-state index contributed by atoms with van der Waals surface area (Å²) in [5.41, 5.74) is 6.76. The molecule has 2 aromatic carbocycles. The van der Waals surface area contributed by atoms with Gasteiger partial charge in [0.1, 0.15) is 12.4 Å². The van der Waals surface area contributed by atoms with Crippen molar-refractivity contribution in [3.05, 3.63) is 65.5 Å². The van der Waals surface area contributed by atoms with Crippen LogP contribution in [0.15, 0.2) is 48.5 Å². The zero-order chi connectivity index (χ0) is 19.2. The third-order valence-corrected chi connectivity index (χ3v) is 3.84. The van der Waals surface area contributed by atoms with Crippen molar-refractivity contribution < 1.29 is 14.0 Å². The number of benzene rings is 2. The van der Waals surface area contributed by atoms with Gasteiger partial charge >= 0.3 is 0 Å². The number of nitrogens with one attached hydrogen (secondary N) is 1. The molecule has 0 aliphatic rings. The smallest absolute Gasteiger partial charge is 0.248 e. The number of nitrogens with zero attached hydrogens (tertiary/aromatic N) is 4. The average molecular weight is 368 g/mol. The van der Waals surface area contributed by atoms with Gasteiger partial charge in [-0.3, -0.25) is 9.59 Å². The Hall–Kier alpha value is -3.62. The van der Waals surface area contributed by atoms with E-state index in [-0.39, 0.29) is 18.3 Å². The summed E-state index contributed by atoms with van der Waals surface area (Å²) in [5, 5.41) is 14.5. The van der Waals surface area contributed by atoms with Gasteiger partial charge < -0.3 is 11.1 Å². The van der Waals surface area contributed by atoms with E-state index in [2.05, 4.69) is 20.7 Å². The molecule has 0 bridgehead atoms. The summed E-state index contributed by atoms with van der Waals surface area (Å²) in [6, 6.07) is 12.8. The van der Waals surface area contributed by atoms with Crippen molar-refractivity contribution >= 4 is 11.8 Å². The van der Waals surface area contributed by atoms with Crippen LogP contribution in [0.3, 0.4) is 0 Å². The number of hydrogen-bond acceptors (Lipinski definition) is 5. The van der Waals surface area contributed by atoms with E-state index in [1.807, 2.05) is 0 Å². The quantitative estimate of drug-likeness (QED) is 0.644. The second kappa shape index (κ2) is 8.17. The van der Waals surface area contributed by atoms with Crippen LogP contribution in [0.25, 0.3) is 11.4 Å². The molecule has 0 atom stereocenters. The summed E-state index contributed by atoms with van der Waals surface area (Å²) in [4.78, 5) is 24.2. The Morgan fingerprint density at radius 2 is 1.85 bits per heavy atom. The molecule has 0 radical (unpaired) electrons. The Morgan fingerprint density at radius 3 is 2.56 bits per heavy atom. The monoisotopic (exact) mass is 368 g/mol. The highest BCUT2D eigenvalue weighted by Crippen LogP contribution is 2.14. The van der Waals surface area contributed by atoms with Crippen LogP contribution in [0.2, 0.25) is 0 Å². The minimum atomic E-state index is -0.523. The summed E-state index contributed by atoms with van der Waals surface area (Å²) in [5.74, 6) is -0.800. The molecule has 0 spiro atoms. The van der Waals surface area contributed by atoms with E-state index in [1.165, 1.54) is 6.07 Å². The number of carbonyl (C=O) groups is 2. The number of carbonyl (C=O) groups excluding carboxylic acids is 2. The SMILES string of the molecule is NC(=O)c1ccc(-c2nnn(CC(=O)NCCc3ccccc3F)n2)cc1. The first kappa shape index (κ1) is 18.2. The normalized spacial score (nSPS) is 10.6. The highest BCUT2D eigenvalue weighted by Gasteiger charge is 2.10. The molecule has 0 aliphatic carbocycles. The van der Waals surface area contributed by atoms with Crippen LogP contribution in [0.4, 0.5) is 4.39 Å². The molecule has 138 valence electrons. The van der Waals surface area contributed by atoms with E-state index in [0.717, 1.165) is 4.80 Å². The van der Waals surface area contributed by atoms with Crippen LogP contribution >= 0.6 is 0 Å². The molecule has 27 heavy (non-hydrogen) atoms. The van der Waals surface area contributed by atoms with E-state index in [1.54, 1.807) is 42.5 Å². The third kappa shape index (κ3) is 4.72. The molecular formula is C18H17FN6O2. The molecule has 0 unspecified atom stereocenters. The number of nitrogens with two attached hydrogens (primary N) is 1. The van der Waals surface area contributed by atoms with Gasteiger partial charge in [0.2, 0.25) is 17.6 Å². The highest BCUT2D eigenvalue weighted by atomic mass is 19.1. The molecule has 3 N–H and O–H groups in total. The number of rotatable bonds is 7. The average Bonchev–Trinajstić information content (AvgIpc) is 3.12. The topological polar surface area (TPSA) is 116 Å². The Bertz CT molecular complexity index is 954. The fourth-order valence-electron chi connectivity index (χ4n) is 2.43. The molecule has 0 saturated heterocycles. The van der Waals surface area contributed by atoms with Gasteiger partial charge in [-0.1, -0.05) is 30.3 Å². The van der Waals surface area contributed by atoms with Crippen molar-refractivity contribution in [1.29, 1.82) is 0 Å². The van der Waals surface area contributed by atoms with Gasteiger partial charge in [-0.15, -0.1) is 10.2 Å². The van der Waals surface area contributed by atoms with Crippen LogP contribution in [0.5, 0.6) is 0 Å². The second-order valence-corrected chi connectivity index (χ2v) is 5.78. The number of amides is 2. The van der Waals surface area contributed by atoms with E-state index in [9.17, 15) is 14.0 Å². The first-order valence-corrected chi connectivity index (χ1v) is 8.21. The summed E-state index contributed by atoms with van der Waals surface area (Å²) < 4.78 is 13.5. The van der Waals surface area contributed by atoms with Crippen LogP contribution in [0.1, 0.15) is 15.9 Å². The fourth-order valence-corrected chi connectivity index (χ4v) is 2.43. The van der Waals surface area contributed by atoms with Crippen LogP contribution < -0.4 is 11.1 Å². The van der Waals surface area contributed by atoms with Crippen molar-refractivity contribution in [1.82, 2.24) is 25.5 Å². The van der Waals surface area contributed by atoms with Crippen LogP contribution in [-0.4, -0.2) is 38.6 Å². The Balaban J connectivity index is 1.53. The van der Waals surface area contributed by atoms with Crippen LogP contribution in [-0.2, 0) is 17.8 Å². The number of hydrogen-bond donors (Lipinski definition) is 2. The van der Waals surface area contributed by atoms with E-state index < -0.39 is 5.91 Å². The standard InChI is InChI=1S/C18H17FN6O2/c19-15-4-2-1-3-12(15)9-10-21-16(26)11-25-23-18(22-24-25)14-7-5-13(6-8-14)17(20)27/h1-8H,9-11H2,(H2,20,27)(H,21,26). The minimum absolute atomic E-state index is 0.107. The maximum Gasteiger partial charge on any atom is 0.248 e. The molecule has 0 saturated carbocycles. The lowest BCUT2D eigenvalue weighted by molar-refractivity contribution is -0.122. The van der Waals surface area contributed by atoms with Gasteiger partial charge in [-0.25, -0.2) is 4.39 Å². The number of tetrazole rings is 1. The molecule has 8 nitrogen and oxygen atoms in total. The van der Waals surface area contributed by atoms with Crippen molar-refractivity contribution in [2.24, 2.45) is 5.73 Å². The summed E-state index contributed by atoms with van der Waals surface area (Å²) in [6.07, 6.45) is 0.390. The summed E-state index contributed by atoms with van der Waals surface area (Å²) in [7, 11) is 0. The van der Waals surface area contributed by atoms with Gasteiger partial charge in [0.25, 0.3) is 0 Å². The Morgan fingerprint density at radius 1 is 1.11 bits per heavy atom. The lowest BCUT2D eigenvalue weighted by Crippen LogP contribution is -2.30. The summed E-state index contributed by atoms with van der Waals surface area (Å²) >= 11 is 0. The summed E-state index contributed by atoms with van der Waals surface area (Å²) in [6.45, 7) is 0.194. The van der Waals surface area contributed by atoms with Gasteiger partial charge in [-0.05, 0) is 35.4 Å². The van der Waals surface area contributed by atoms with Gasteiger partial charge in [-0.2, -0.15) is 4.80 Å². The van der Waals surface area contributed by atoms with E-state index >= 15 is 0 Å². The molecule has 1 aromatic heterocycles. The number of primary amides is 1. The molecule has 0 aliphatic heterocycles. The third-order valence-electron chi connectivity index (χ3n) is 3.84. The zero-order valence-electron chi connectivity index (χ0n) is 14.3. The van der Waals surface area contributed by atoms with Gasteiger partial charge in [0, 0.05) is 17.7 Å². The molecule has 1 heterocycles. The van der Waals surface area contributed by atoms with Crippen molar-refractivity contribution in [3.8, 4) is 11.4 Å². The second-order valence-electron chi connectivity index (χ2n) is 5.78. The number of halogens is 1. The lowest BCUT2D eigenvalue weighted by Gasteiger charge is -2.05. The molecular weight excluding hydrogens is 351 g/mol. The highest BCUT2D eigenvalue weighted by molar-refractivity contribution is 5.93. The molecule has 3 rings (SSSR count). The minimum Gasteiger partial charge on any atom is -0.366 e. The van der Waals surface area contributed by atoms with Gasteiger partial charge in [0.05, 0.1) is 0 Å². The predicted octanol–water partition coefficient (Wildman–Crippen LogP) is 0.937. The van der Waals surface area contributed by atoms with Crippen molar-refractivity contribution in [3.63, 3.8) is 0 Å². The maximum absolute atomic E-state index is 13.5. The molecule has 3 aromatic rings. The predicted molar refractivity (Wildman–Crippen MR) is 94.9 cm³/mol. The number of aromatic nitrogens is 4. The van der Waals surface area contributed by atoms with Crippen LogP contribution in [0, 0.1) is 5.82 Å². The molecule has 9 heteroatoms. The van der Waals surface area contributed by atoms with Crippen molar-refractivity contribution in [2.75, 3.05) is 6.54 Å². The van der Waals surface area contributed by atoms with Gasteiger partial charge in [0.15, 0.2) is 0 Å².